The topological polar surface area (TPSA) is 20.3 Å². The lowest BCUT2D eigenvalue weighted by Gasteiger charge is -2.32. The molecular weight excluding hydrogens is 222 g/mol. The average Bonchev–Trinajstić information content (AvgIpc) is 2.68. The summed E-state index contributed by atoms with van der Waals surface area (Å²) in [6, 6.07) is 10.3. The van der Waals surface area contributed by atoms with E-state index in [-0.39, 0.29) is 0 Å². The van der Waals surface area contributed by atoms with Crippen molar-refractivity contribution >= 4 is 5.91 Å². The van der Waals surface area contributed by atoms with E-state index in [2.05, 4.69) is 17.0 Å². The zero-order valence-electron chi connectivity index (χ0n) is 10.9. The van der Waals surface area contributed by atoms with Crippen molar-refractivity contribution in [1.82, 2.24) is 4.90 Å². The summed E-state index contributed by atoms with van der Waals surface area (Å²) in [5.74, 6) is 0.362. The first-order chi connectivity index (χ1) is 8.77. The van der Waals surface area contributed by atoms with E-state index < -0.39 is 0 Å². The molecule has 1 amide bonds. The number of amides is 1. The van der Waals surface area contributed by atoms with Crippen LogP contribution in [-0.4, -0.2) is 17.4 Å². The van der Waals surface area contributed by atoms with E-state index in [0.717, 1.165) is 19.5 Å². The lowest BCUT2D eigenvalue weighted by atomic mass is 9.73. The van der Waals surface area contributed by atoms with Gasteiger partial charge >= 0.3 is 0 Å². The fourth-order valence-corrected chi connectivity index (χ4v) is 3.57. The van der Waals surface area contributed by atoms with E-state index in [1.54, 1.807) is 0 Å². The second-order valence-corrected chi connectivity index (χ2v) is 5.97. The molecule has 0 radical (unpaired) electrons. The molecule has 1 saturated heterocycles. The maximum absolute atomic E-state index is 12.2. The monoisotopic (exact) mass is 243 g/mol. The molecule has 1 aliphatic carbocycles. The van der Waals surface area contributed by atoms with Gasteiger partial charge in [0, 0.05) is 19.5 Å². The number of likely N-dealkylation sites (tertiary alicyclic amines) is 1. The van der Waals surface area contributed by atoms with Gasteiger partial charge in [0.05, 0.1) is 0 Å². The van der Waals surface area contributed by atoms with E-state index in [4.69, 9.17) is 0 Å². The van der Waals surface area contributed by atoms with Gasteiger partial charge in [-0.05, 0) is 23.8 Å². The molecule has 1 aliphatic heterocycles. The van der Waals surface area contributed by atoms with Crippen LogP contribution >= 0.6 is 0 Å². The SMILES string of the molecule is O=C1CC2(CCCCC2)CN1Cc1ccccc1. The number of nitrogens with zero attached hydrogens (tertiary/aromatic N) is 1. The first kappa shape index (κ1) is 11.8. The predicted molar refractivity (Wildman–Crippen MR) is 72.0 cm³/mol. The van der Waals surface area contributed by atoms with Crippen molar-refractivity contribution in [3.63, 3.8) is 0 Å². The summed E-state index contributed by atoms with van der Waals surface area (Å²) in [6.45, 7) is 1.78. The molecule has 1 heterocycles. The summed E-state index contributed by atoms with van der Waals surface area (Å²) in [4.78, 5) is 14.2. The Hall–Kier alpha value is -1.31. The molecule has 2 aliphatic rings. The number of rotatable bonds is 2. The lowest BCUT2D eigenvalue weighted by Crippen LogP contribution is -2.29. The van der Waals surface area contributed by atoms with Crippen LogP contribution in [0.15, 0.2) is 30.3 Å². The van der Waals surface area contributed by atoms with Crippen LogP contribution in [0, 0.1) is 5.41 Å². The van der Waals surface area contributed by atoms with Gasteiger partial charge in [-0.1, -0.05) is 49.6 Å². The Morgan fingerprint density at radius 3 is 2.50 bits per heavy atom. The van der Waals surface area contributed by atoms with Crippen LogP contribution in [0.3, 0.4) is 0 Å². The van der Waals surface area contributed by atoms with Gasteiger partial charge in [-0.15, -0.1) is 0 Å². The first-order valence-electron chi connectivity index (χ1n) is 7.09. The quantitative estimate of drug-likeness (QED) is 0.780. The Morgan fingerprint density at radius 2 is 1.78 bits per heavy atom. The van der Waals surface area contributed by atoms with Crippen LogP contribution in [0.2, 0.25) is 0 Å². The second-order valence-electron chi connectivity index (χ2n) is 5.97. The van der Waals surface area contributed by atoms with E-state index >= 15 is 0 Å². The highest BCUT2D eigenvalue weighted by Crippen LogP contribution is 2.44. The van der Waals surface area contributed by atoms with Crippen LogP contribution in [-0.2, 0) is 11.3 Å². The summed E-state index contributed by atoms with van der Waals surface area (Å²) in [5, 5.41) is 0. The van der Waals surface area contributed by atoms with Crippen molar-refractivity contribution in [3.8, 4) is 0 Å². The highest BCUT2D eigenvalue weighted by molar-refractivity contribution is 5.79. The number of benzene rings is 1. The van der Waals surface area contributed by atoms with Crippen molar-refractivity contribution in [2.75, 3.05) is 6.54 Å². The summed E-state index contributed by atoms with van der Waals surface area (Å²) >= 11 is 0. The zero-order valence-corrected chi connectivity index (χ0v) is 10.9. The fourth-order valence-electron chi connectivity index (χ4n) is 3.57. The van der Waals surface area contributed by atoms with Gasteiger partial charge in [0.25, 0.3) is 0 Å². The molecule has 0 unspecified atom stereocenters. The van der Waals surface area contributed by atoms with Gasteiger partial charge in [0.1, 0.15) is 0 Å². The number of hydrogen-bond donors (Lipinski definition) is 0. The Bertz CT molecular complexity index is 420. The third-order valence-electron chi connectivity index (χ3n) is 4.54. The molecule has 1 saturated carbocycles. The Balaban J connectivity index is 1.69. The van der Waals surface area contributed by atoms with Crippen molar-refractivity contribution in [3.05, 3.63) is 35.9 Å². The lowest BCUT2D eigenvalue weighted by molar-refractivity contribution is -0.128. The van der Waals surface area contributed by atoms with Gasteiger partial charge in [0.2, 0.25) is 5.91 Å². The van der Waals surface area contributed by atoms with Crippen molar-refractivity contribution < 1.29 is 4.79 Å². The Labute approximate surface area is 109 Å². The van der Waals surface area contributed by atoms with Crippen molar-refractivity contribution in [2.45, 2.75) is 45.1 Å². The van der Waals surface area contributed by atoms with E-state index in [1.165, 1.54) is 37.7 Å². The van der Waals surface area contributed by atoms with Crippen LogP contribution in [0.25, 0.3) is 0 Å². The third kappa shape index (κ3) is 2.29. The molecule has 96 valence electrons. The van der Waals surface area contributed by atoms with E-state index in [1.807, 2.05) is 18.2 Å². The average molecular weight is 243 g/mol. The smallest absolute Gasteiger partial charge is 0.223 e. The highest BCUT2D eigenvalue weighted by atomic mass is 16.2. The molecule has 3 rings (SSSR count). The molecule has 0 atom stereocenters. The minimum Gasteiger partial charge on any atom is -0.338 e. The molecule has 2 fully saturated rings. The van der Waals surface area contributed by atoms with Gasteiger partial charge in [0.15, 0.2) is 0 Å². The highest BCUT2D eigenvalue weighted by Gasteiger charge is 2.43. The van der Waals surface area contributed by atoms with Crippen molar-refractivity contribution in [1.29, 1.82) is 0 Å². The minimum absolute atomic E-state index is 0.324. The number of carbonyl (C=O) groups is 1. The predicted octanol–water partition coefficient (Wildman–Crippen LogP) is 3.37. The first-order valence-corrected chi connectivity index (χ1v) is 7.09. The second kappa shape index (κ2) is 4.75. The van der Waals surface area contributed by atoms with Crippen molar-refractivity contribution in [2.24, 2.45) is 5.41 Å². The summed E-state index contributed by atoms with van der Waals surface area (Å²) in [6.07, 6.45) is 7.28. The third-order valence-corrected chi connectivity index (χ3v) is 4.54. The van der Waals surface area contributed by atoms with E-state index in [9.17, 15) is 4.79 Å². The summed E-state index contributed by atoms with van der Waals surface area (Å²) in [7, 11) is 0. The van der Waals surface area contributed by atoms with Crippen LogP contribution in [0.1, 0.15) is 44.1 Å². The normalized spacial score (nSPS) is 22.7. The number of carbonyl (C=O) groups excluding carboxylic acids is 1. The zero-order chi connectivity index (χ0) is 12.4. The molecule has 0 aromatic heterocycles. The maximum atomic E-state index is 12.2. The molecule has 2 heteroatoms. The molecule has 1 aromatic rings. The van der Waals surface area contributed by atoms with Crippen LogP contribution in [0.5, 0.6) is 0 Å². The number of hydrogen-bond acceptors (Lipinski definition) is 1. The maximum Gasteiger partial charge on any atom is 0.223 e. The van der Waals surface area contributed by atoms with Gasteiger partial charge < -0.3 is 4.90 Å². The summed E-state index contributed by atoms with van der Waals surface area (Å²) in [5.41, 5.74) is 1.57. The van der Waals surface area contributed by atoms with Crippen LogP contribution in [0.4, 0.5) is 0 Å². The molecule has 18 heavy (non-hydrogen) atoms. The molecule has 1 spiro atoms. The Morgan fingerprint density at radius 1 is 1.06 bits per heavy atom. The molecular formula is C16H21NO. The largest absolute Gasteiger partial charge is 0.338 e. The van der Waals surface area contributed by atoms with Gasteiger partial charge in [-0.25, -0.2) is 0 Å². The molecule has 0 N–H and O–H groups in total. The molecule has 0 bridgehead atoms. The van der Waals surface area contributed by atoms with E-state index in [0.29, 0.717) is 11.3 Å². The van der Waals surface area contributed by atoms with Crippen LogP contribution < -0.4 is 0 Å². The molecule has 2 nitrogen and oxygen atoms in total. The summed E-state index contributed by atoms with van der Waals surface area (Å²) < 4.78 is 0. The van der Waals surface area contributed by atoms with Gasteiger partial charge in [-0.3, -0.25) is 4.79 Å². The van der Waals surface area contributed by atoms with Gasteiger partial charge in [-0.2, -0.15) is 0 Å². The molecule has 1 aromatic carbocycles. The fraction of sp³-hybridized carbons (Fsp3) is 0.562. The standard InChI is InChI=1S/C16H21NO/c18-15-11-16(9-5-2-6-10-16)13-17(15)12-14-7-3-1-4-8-14/h1,3-4,7-8H,2,5-6,9-13H2. The minimum atomic E-state index is 0.324. The Kier molecular flexibility index (Phi) is 3.11.